The quantitative estimate of drug-likeness (QED) is 0.791. The van der Waals surface area contributed by atoms with Gasteiger partial charge in [-0.25, -0.2) is 0 Å². The van der Waals surface area contributed by atoms with Crippen LogP contribution in [0.2, 0.25) is 5.02 Å². The third kappa shape index (κ3) is 3.37. The van der Waals surface area contributed by atoms with Gasteiger partial charge in [-0.15, -0.1) is 0 Å². The number of rotatable bonds is 5. The summed E-state index contributed by atoms with van der Waals surface area (Å²) in [7, 11) is 0. The highest BCUT2D eigenvalue weighted by Gasteiger charge is 2.39. The van der Waals surface area contributed by atoms with E-state index in [2.05, 4.69) is 5.32 Å². The van der Waals surface area contributed by atoms with Gasteiger partial charge in [-0.2, -0.15) is 0 Å². The average molecular weight is 369 g/mol. The molecular weight excluding hydrogens is 348 g/mol. The minimum absolute atomic E-state index is 0.187. The van der Waals surface area contributed by atoms with E-state index in [-0.39, 0.29) is 17.7 Å². The molecule has 0 aromatic heterocycles. The van der Waals surface area contributed by atoms with Gasteiger partial charge >= 0.3 is 0 Å². The number of carbonyl (C=O) groups excluding carboxylic acids is 2. The second kappa shape index (κ2) is 7.34. The van der Waals surface area contributed by atoms with Crippen LogP contribution in [-0.2, 0) is 9.59 Å². The molecule has 0 unspecified atom stereocenters. The van der Waals surface area contributed by atoms with Crippen LogP contribution < -0.4 is 5.32 Å². The van der Waals surface area contributed by atoms with Crippen molar-refractivity contribution >= 4 is 34.7 Å². The van der Waals surface area contributed by atoms with E-state index in [1.807, 2.05) is 63.2 Å². The molecule has 0 saturated heterocycles. The third-order valence-corrected chi connectivity index (χ3v) is 4.72. The summed E-state index contributed by atoms with van der Waals surface area (Å²) in [5, 5.41) is 3.77. The smallest absolute Gasteiger partial charge is 0.278 e. The minimum atomic E-state index is -0.304. The first-order valence-corrected chi connectivity index (χ1v) is 8.96. The lowest BCUT2D eigenvalue weighted by Crippen LogP contribution is -2.35. The fourth-order valence-corrected chi connectivity index (χ4v) is 3.15. The molecule has 26 heavy (non-hydrogen) atoms. The Hall–Kier alpha value is -2.59. The van der Waals surface area contributed by atoms with Gasteiger partial charge in [0.1, 0.15) is 5.70 Å². The highest BCUT2D eigenvalue weighted by molar-refractivity contribution is 6.36. The second-order valence-electron chi connectivity index (χ2n) is 6.77. The van der Waals surface area contributed by atoms with Crippen LogP contribution in [0, 0.1) is 12.8 Å². The van der Waals surface area contributed by atoms with Crippen LogP contribution >= 0.6 is 11.6 Å². The normalized spacial score (nSPS) is 14.6. The molecule has 0 spiro atoms. The molecule has 2 amide bonds. The predicted molar refractivity (Wildman–Crippen MR) is 105 cm³/mol. The summed E-state index contributed by atoms with van der Waals surface area (Å²) in [6.07, 6.45) is 0. The number of nitrogens with one attached hydrogen (secondary N) is 1. The number of hydrogen-bond donors (Lipinski definition) is 1. The summed E-state index contributed by atoms with van der Waals surface area (Å²) in [4.78, 5) is 27.3. The number of benzene rings is 2. The summed E-state index contributed by atoms with van der Waals surface area (Å²) < 4.78 is 0. The predicted octanol–water partition coefficient (Wildman–Crippen LogP) is 4.50. The first-order valence-electron chi connectivity index (χ1n) is 8.58. The Morgan fingerprint density at radius 3 is 2.35 bits per heavy atom. The van der Waals surface area contributed by atoms with E-state index in [9.17, 15) is 9.59 Å². The molecule has 0 radical (unpaired) electrons. The average Bonchev–Trinajstić information content (AvgIpc) is 2.84. The highest BCUT2D eigenvalue weighted by atomic mass is 35.5. The lowest BCUT2D eigenvalue weighted by molar-refractivity contribution is -0.137. The van der Waals surface area contributed by atoms with Crippen molar-refractivity contribution in [1.82, 2.24) is 4.90 Å². The molecule has 2 aromatic rings. The molecule has 134 valence electrons. The van der Waals surface area contributed by atoms with Gasteiger partial charge in [0.2, 0.25) is 0 Å². The van der Waals surface area contributed by atoms with E-state index in [1.165, 1.54) is 4.90 Å². The summed E-state index contributed by atoms with van der Waals surface area (Å²) in [6, 6.07) is 14.7. The van der Waals surface area contributed by atoms with Crippen molar-refractivity contribution in [3.63, 3.8) is 0 Å². The Morgan fingerprint density at radius 2 is 1.69 bits per heavy atom. The van der Waals surface area contributed by atoms with E-state index in [4.69, 9.17) is 11.6 Å². The van der Waals surface area contributed by atoms with E-state index in [1.54, 1.807) is 6.07 Å². The summed E-state index contributed by atoms with van der Waals surface area (Å²) in [5.41, 5.74) is 2.97. The van der Waals surface area contributed by atoms with Crippen molar-refractivity contribution < 1.29 is 9.59 Å². The van der Waals surface area contributed by atoms with E-state index in [0.717, 1.165) is 11.1 Å². The topological polar surface area (TPSA) is 49.4 Å². The van der Waals surface area contributed by atoms with Gasteiger partial charge < -0.3 is 5.32 Å². The lowest BCUT2D eigenvalue weighted by Gasteiger charge is -2.17. The number of halogens is 1. The third-order valence-electron chi connectivity index (χ3n) is 4.31. The minimum Gasteiger partial charge on any atom is -0.350 e. The SMILES string of the molecule is Cc1c(Cl)cccc1NC1=C(c2ccccc2)C(=O)N(CC(C)C)C1=O. The molecule has 0 fully saturated rings. The van der Waals surface area contributed by atoms with Crippen LogP contribution in [0.15, 0.2) is 54.2 Å². The van der Waals surface area contributed by atoms with Gasteiger partial charge in [-0.1, -0.05) is 61.8 Å². The first kappa shape index (κ1) is 18.2. The Bertz CT molecular complexity index is 888. The molecule has 2 aromatic carbocycles. The van der Waals surface area contributed by atoms with Crippen LogP contribution in [0.25, 0.3) is 5.57 Å². The zero-order valence-corrected chi connectivity index (χ0v) is 15.8. The molecule has 0 atom stereocenters. The van der Waals surface area contributed by atoms with Crippen molar-refractivity contribution in [3.05, 3.63) is 70.4 Å². The van der Waals surface area contributed by atoms with Crippen molar-refractivity contribution in [3.8, 4) is 0 Å². The van der Waals surface area contributed by atoms with Gasteiger partial charge in [0, 0.05) is 17.3 Å². The Balaban J connectivity index is 2.09. The van der Waals surface area contributed by atoms with Gasteiger partial charge in [0.25, 0.3) is 11.8 Å². The molecule has 0 aliphatic carbocycles. The fourth-order valence-electron chi connectivity index (χ4n) is 2.97. The standard InChI is InChI=1S/C21H21ClN2O2/c1-13(2)12-24-20(25)18(15-8-5-4-6-9-15)19(21(24)26)23-17-11-7-10-16(22)14(17)3/h4-11,13,23H,12H2,1-3H3. The molecule has 1 aliphatic heterocycles. The maximum Gasteiger partial charge on any atom is 0.278 e. The lowest BCUT2D eigenvalue weighted by atomic mass is 10.0. The molecule has 3 rings (SSSR count). The van der Waals surface area contributed by atoms with Gasteiger partial charge in [0.05, 0.1) is 5.57 Å². The molecule has 0 saturated carbocycles. The summed E-state index contributed by atoms with van der Waals surface area (Å²) in [5.74, 6) is -0.383. The summed E-state index contributed by atoms with van der Waals surface area (Å²) in [6.45, 7) is 6.22. The van der Waals surface area contributed by atoms with Gasteiger partial charge in [-0.3, -0.25) is 14.5 Å². The molecule has 1 N–H and O–H groups in total. The second-order valence-corrected chi connectivity index (χ2v) is 7.18. The van der Waals surface area contributed by atoms with Crippen molar-refractivity contribution in [1.29, 1.82) is 0 Å². The van der Waals surface area contributed by atoms with Crippen molar-refractivity contribution in [2.75, 3.05) is 11.9 Å². The van der Waals surface area contributed by atoms with Crippen LogP contribution in [0.4, 0.5) is 5.69 Å². The van der Waals surface area contributed by atoms with E-state index in [0.29, 0.717) is 28.5 Å². The number of anilines is 1. The highest BCUT2D eigenvalue weighted by Crippen LogP contribution is 2.32. The maximum atomic E-state index is 13.0. The van der Waals surface area contributed by atoms with Crippen LogP contribution in [0.1, 0.15) is 25.0 Å². The summed E-state index contributed by atoms with van der Waals surface area (Å²) >= 11 is 6.20. The fraction of sp³-hybridized carbons (Fsp3) is 0.238. The molecule has 0 bridgehead atoms. The van der Waals surface area contributed by atoms with Crippen LogP contribution in [0.3, 0.4) is 0 Å². The zero-order chi connectivity index (χ0) is 18.8. The number of imide groups is 1. The van der Waals surface area contributed by atoms with Gasteiger partial charge in [-0.05, 0) is 36.1 Å². The molecule has 1 heterocycles. The number of nitrogens with zero attached hydrogens (tertiary/aromatic N) is 1. The number of hydrogen-bond acceptors (Lipinski definition) is 3. The largest absolute Gasteiger partial charge is 0.350 e. The van der Waals surface area contributed by atoms with Gasteiger partial charge in [0.15, 0.2) is 0 Å². The maximum absolute atomic E-state index is 13.0. The Labute approximate surface area is 158 Å². The Morgan fingerprint density at radius 1 is 1.00 bits per heavy atom. The number of amides is 2. The molecule has 5 heteroatoms. The first-order chi connectivity index (χ1) is 12.4. The van der Waals surface area contributed by atoms with Crippen LogP contribution in [0.5, 0.6) is 0 Å². The molecule has 1 aliphatic rings. The van der Waals surface area contributed by atoms with E-state index < -0.39 is 0 Å². The number of carbonyl (C=O) groups is 2. The zero-order valence-electron chi connectivity index (χ0n) is 15.0. The van der Waals surface area contributed by atoms with Crippen LogP contribution in [-0.4, -0.2) is 23.3 Å². The van der Waals surface area contributed by atoms with Crippen molar-refractivity contribution in [2.24, 2.45) is 5.92 Å². The molecule has 4 nitrogen and oxygen atoms in total. The molecular formula is C21H21ClN2O2. The van der Waals surface area contributed by atoms with E-state index >= 15 is 0 Å². The van der Waals surface area contributed by atoms with Crippen molar-refractivity contribution in [2.45, 2.75) is 20.8 Å². The monoisotopic (exact) mass is 368 g/mol. The Kier molecular flexibility index (Phi) is 5.14.